The van der Waals surface area contributed by atoms with Crippen LogP contribution in [0.5, 0.6) is 0 Å². The van der Waals surface area contributed by atoms with Crippen LogP contribution in [0.1, 0.15) is 70.2 Å². The molecule has 1 saturated carbocycles. The molecule has 3 aromatic heterocycles. The highest BCUT2D eigenvalue weighted by Crippen LogP contribution is 2.40. The van der Waals surface area contributed by atoms with Crippen LogP contribution in [0.4, 0.5) is 0 Å². The molecule has 2 aliphatic rings. The second-order valence-corrected chi connectivity index (χ2v) is 9.33. The molecule has 2 fully saturated rings. The first kappa shape index (κ1) is 20.1. The quantitative estimate of drug-likeness (QED) is 0.652. The fourth-order valence-electron chi connectivity index (χ4n) is 3.89. The fraction of sp³-hybridized carbons (Fsp3) is 0.455. The van der Waals surface area contributed by atoms with E-state index in [1.54, 1.807) is 17.2 Å². The van der Waals surface area contributed by atoms with E-state index in [1.165, 1.54) is 11.3 Å². The normalized spacial score (nSPS) is 19.2. The van der Waals surface area contributed by atoms with Gasteiger partial charge in [-0.15, -0.1) is 11.3 Å². The van der Waals surface area contributed by atoms with Crippen LogP contribution in [0.15, 0.2) is 28.9 Å². The van der Waals surface area contributed by atoms with Crippen LogP contribution in [0.3, 0.4) is 0 Å². The van der Waals surface area contributed by atoms with Crippen molar-refractivity contribution in [2.75, 3.05) is 19.7 Å². The van der Waals surface area contributed by atoms with Crippen molar-refractivity contribution >= 4 is 33.4 Å². The zero-order valence-electron chi connectivity index (χ0n) is 17.5. The number of morpholine rings is 1. The lowest BCUT2D eigenvalue weighted by Gasteiger charge is -2.33. The van der Waals surface area contributed by atoms with Crippen LogP contribution in [-0.2, 0) is 4.74 Å². The Balaban J connectivity index is 1.44. The third kappa shape index (κ3) is 3.95. The molecule has 1 saturated heterocycles. The van der Waals surface area contributed by atoms with Crippen molar-refractivity contribution in [3.63, 3.8) is 0 Å². The lowest BCUT2D eigenvalue weighted by Crippen LogP contribution is -2.42. The number of nitrogens with zero attached hydrogens (tertiary/aromatic N) is 3. The largest absolute Gasteiger partial charge is 0.370 e. The van der Waals surface area contributed by atoms with E-state index in [1.807, 2.05) is 26.0 Å². The number of hydrogen-bond acceptors (Lipinski definition) is 7. The van der Waals surface area contributed by atoms with E-state index in [0.29, 0.717) is 36.2 Å². The Labute approximate surface area is 183 Å². The summed E-state index contributed by atoms with van der Waals surface area (Å²) >= 11 is 1.35. The highest BCUT2D eigenvalue weighted by molar-refractivity contribution is 7.20. The Morgan fingerprint density at radius 1 is 1.32 bits per heavy atom. The van der Waals surface area contributed by atoms with Gasteiger partial charge in [-0.3, -0.25) is 9.59 Å². The van der Waals surface area contributed by atoms with Crippen molar-refractivity contribution in [2.24, 2.45) is 0 Å². The predicted octanol–water partition coefficient (Wildman–Crippen LogP) is 3.51. The van der Waals surface area contributed by atoms with Gasteiger partial charge in [0.05, 0.1) is 13.2 Å². The lowest BCUT2D eigenvalue weighted by molar-refractivity contribution is -0.0225. The molecule has 1 unspecified atom stereocenters. The highest BCUT2D eigenvalue weighted by atomic mass is 32.1. The van der Waals surface area contributed by atoms with Crippen molar-refractivity contribution in [3.05, 3.63) is 46.3 Å². The first-order chi connectivity index (χ1) is 15.0. The van der Waals surface area contributed by atoms with Crippen molar-refractivity contribution in [1.29, 1.82) is 0 Å². The third-order valence-electron chi connectivity index (χ3n) is 5.53. The number of fused-ring (bicyclic) bond motifs is 1. The molecular weight excluding hydrogens is 416 g/mol. The smallest absolute Gasteiger partial charge is 0.276 e. The fourth-order valence-corrected chi connectivity index (χ4v) is 4.99. The molecule has 0 aromatic carbocycles. The van der Waals surface area contributed by atoms with Gasteiger partial charge in [0.1, 0.15) is 21.6 Å². The Morgan fingerprint density at radius 3 is 2.94 bits per heavy atom. The molecule has 31 heavy (non-hydrogen) atoms. The first-order valence-electron chi connectivity index (χ1n) is 10.6. The van der Waals surface area contributed by atoms with Gasteiger partial charge in [-0.05, 0) is 32.8 Å². The van der Waals surface area contributed by atoms with Gasteiger partial charge in [0.15, 0.2) is 5.69 Å². The summed E-state index contributed by atoms with van der Waals surface area (Å²) in [5.74, 6) is 0.870. The Hall–Kier alpha value is -2.78. The SMILES string of the molecule is CC(C)NC(=O)c1sc2ncccc2c1C1CN(C(=O)c2cc(C3CC3)on2)CCO1. The van der Waals surface area contributed by atoms with Gasteiger partial charge in [-0.25, -0.2) is 4.98 Å². The molecule has 4 heterocycles. The second-order valence-electron chi connectivity index (χ2n) is 8.33. The molecule has 0 bridgehead atoms. The zero-order chi connectivity index (χ0) is 21.5. The van der Waals surface area contributed by atoms with E-state index in [2.05, 4.69) is 15.5 Å². The predicted molar refractivity (Wildman–Crippen MR) is 115 cm³/mol. The Morgan fingerprint density at radius 2 is 2.16 bits per heavy atom. The first-order valence-corrected chi connectivity index (χ1v) is 11.4. The summed E-state index contributed by atoms with van der Waals surface area (Å²) in [5.41, 5.74) is 1.12. The Kier molecular flexibility index (Phi) is 5.23. The van der Waals surface area contributed by atoms with Crippen LogP contribution < -0.4 is 5.32 Å². The lowest BCUT2D eigenvalue weighted by atomic mass is 10.0. The van der Waals surface area contributed by atoms with E-state index >= 15 is 0 Å². The van der Waals surface area contributed by atoms with Crippen molar-refractivity contribution in [3.8, 4) is 0 Å². The standard InChI is InChI=1S/C22H24N4O4S/c1-12(2)24-20(27)19-18(14-4-3-7-23-21(14)31-19)17-11-26(8-9-29-17)22(28)15-10-16(30-25-15)13-5-6-13/h3-4,7,10,12-13,17H,5-6,8-9,11H2,1-2H3,(H,24,27). The summed E-state index contributed by atoms with van der Waals surface area (Å²) in [4.78, 5) is 33.5. The molecule has 1 atom stereocenters. The van der Waals surface area contributed by atoms with E-state index in [9.17, 15) is 9.59 Å². The summed E-state index contributed by atoms with van der Waals surface area (Å²) in [6.07, 6.45) is 3.47. The maximum absolute atomic E-state index is 13.1. The molecule has 1 aliphatic carbocycles. The molecule has 0 spiro atoms. The summed E-state index contributed by atoms with van der Waals surface area (Å²) in [5, 5.41) is 7.84. The van der Waals surface area contributed by atoms with Crippen LogP contribution in [-0.4, -0.2) is 52.6 Å². The number of rotatable bonds is 5. The molecule has 9 heteroatoms. The number of nitrogens with one attached hydrogen (secondary N) is 1. The maximum Gasteiger partial charge on any atom is 0.276 e. The van der Waals surface area contributed by atoms with E-state index in [4.69, 9.17) is 9.26 Å². The van der Waals surface area contributed by atoms with E-state index < -0.39 is 6.10 Å². The van der Waals surface area contributed by atoms with Crippen LogP contribution in [0.25, 0.3) is 10.2 Å². The number of thiophene rings is 1. The van der Waals surface area contributed by atoms with Gasteiger partial charge in [-0.2, -0.15) is 0 Å². The third-order valence-corrected chi connectivity index (χ3v) is 6.66. The minimum Gasteiger partial charge on any atom is -0.370 e. The molecule has 3 aromatic rings. The number of hydrogen-bond donors (Lipinski definition) is 1. The van der Waals surface area contributed by atoms with Gasteiger partial charge in [0.2, 0.25) is 0 Å². The van der Waals surface area contributed by atoms with Crippen LogP contribution >= 0.6 is 11.3 Å². The maximum atomic E-state index is 13.1. The van der Waals surface area contributed by atoms with Gasteiger partial charge in [-0.1, -0.05) is 11.2 Å². The molecule has 1 N–H and O–H groups in total. The van der Waals surface area contributed by atoms with Crippen molar-refractivity contribution < 1.29 is 18.8 Å². The molecule has 162 valence electrons. The number of carbonyl (C=O) groups is 2. The number of pyridine rings is 1. The summed E-state index contributed by atoms with van der Waals surface area (Å²) in [6.45, 7) is 5.04. The number of ether oxygens (including phenoxy) is 1. The molecule has 8 nitrogen and oxygen atoms in total. The molecule has 0 radical (unpaired) electrons. The average Bonchev–Trinajstić information content (AvgIpc) is 3.36. The summed E-state index contributed by atoms with van der Waals surface area (Å²) < 4.78 is 11.4. The van der Waals surface area contributed by atoms with Crippen LogP contribution in [0, 0.1) is 0 Å². The molecule has 5 rings (SSSR count). The van der Waals surface area contributed by atoms with E-state index in [-0.39, 0.29) is 17.9 Å². The monoisotopic (exact) mass is 440 g/mol. The molecule has 1 aliphatic heterocycles. The minimum absolute atomic E-state index is 0.0108. The summed E-state index contributed by atoms with van der Waals surface area (Å²) in [7, 11) is 0. The topological polar surface area (TPSA) is 97.6 Å². The van der Waals surface area contributed by atoms with Crippen LogP contribution in [0.2, 0.25) is 0 Å². The number of aromatic nitrogens is 2. The minimum atomic E-state index is -0.418. The highest BCUT2D eigenvalue weighted by Gasteiger charge is 2.34. The number of amides is 2. The molecular formula is C22H24N4O4S. The Bertz CT molecular complexity index is 1130. The zero-order valence-corrected chi connectivity index (χ0v) is 18.3. The van der Waals surface area contributed by atoms with Crippen molar-refractivity contribution in [2.45, 2.75) is 44.8 Å². The van der Waals surface area contributed by atoms with Gasteiger partial charge in [0.25, 0.3) is 11.8 Å². The van der Waals surface area contributed by atoms with Gasteiger partial charge in [0, 0.05) is 41.7 Å². The van der Waals surface area contributed by atoms with E-state index in [0.717, 1.165) is 34.4 Å². The van der Waals surface area contributed by atoms with Gasteiger partial charge < -0.3 is 19.5 Å². The van der Waals surface area contributed by atoms with Gasteiger partial charge >= 0.3 is 0 Å². The summed E-state index contributed by atoms with van der Waals surface area (Å²) in [6, 6.07) is 5.57. The average molecular weight is 441 g/mol. The van der Waals surface area contributed by atoms with Crippen molar-refractivity contribution in [1.82, 2.24) is 20.4 Å². The second kappa shape index (κ2) is 8.05. The molecule has 2 amide bonds. The number of carbonyl (C=O) groups excluding carboxylic acids is 2.